The predicted octanol–water partition coefficient (Wildman–Crippen LogP) is 18.9. The summed E-state index contributed by atoms with van der Waals surface area (Å²) in [5.74, 6) is 2.11. The van der Waals surface area contributed by atoms with Gasteiger partial charge in [0.2, 0.25) is 0 Å². The van der Waals surface area contributed by atoms with E-state index in [0.29, 0.717) is 23.7 Å². The number of para-hydroxylation sites is 2. The van der Waals surface area contributed by atoms with Gasteiger partial charge >= 0.3 is 0 Å². The summed E-state index contributed by atoms with van der Waals surface area (Å²) in [5.41, 5.74) is 17.4. The lowest BCUT2D eigenvalue weighted by atomic mass is 9.58. The van der Waals surface area contributed by atoms with Gasteiger partial charge in [0, 0.05) is 33.2 Å². The Bertz CT molecular complexity index is 3620. The van der Waals surface area contributed by atoms with Crippen LogP contribution in [0.4, 0.5) is 17.1 Å². The molecule has 0 N–H and O–H groups in total. The van der Waals surface area contributed by atoms with Crippen molar-refractivity contribution in [2.75, 3.05) is 4.90 Å². The Morgan fingerprint density at radius 3 is 1.61 bits per heavy atom. The third kappa shape index (κ3) is 7.38. The van der Waals surface area contributed by atoms with Crippen LogP contribution >= 0.6 is 0 Å². The normalized spacial score (nSPS) is 18.4. The maximum atomic E-state index is 2.63. The molecule has 2 unspecified atom stereocenters. The van der Waals surface area contributed by atoms with Crippen LogP contribution in [0.5, 0.6) is 0 Å². The Balaban J connectivity index is 1.00. The molecule has 0 radical (unpaired) electrons. The summed E-state index contributed by atoms with van der Waals surface area (Å²) in [6.07, 6.45) is 5.98. The van der Waals surface area contributed by atoms with Gasteiger partial charge in [-0.15, -0.1) is 0 Å². The van der Waals surface area contributed by atoms with Gasteiger partial charge < -0.3 is 9.47 Å². The van der Waals surface area contributed by atoms with E-state index in [0.717, 1.165) is 11.4 Å². The Labute approximate surface area is 424 Å². The van der Waals surface area contributed by atoms with Gasteiger partial charge in [-0.05, 0) is 154 Å². The lowest BCUT2D eigenvalue weighted by Crippen LogP contribution is -2.36. The molecule has 4 atom stereocenters. The molecule has 2 nitrogen and oxygen atoms in total. The van der Waals surface area contributed by atoms with Crippen molar-refractivity contribution in [3.05, 3.63) is 276 Å². The highest BCUT2D eigenvalue weighted by molar-refractivity contribution is 6.09. The summed E-state index contributed by atoms with van der Waals surface area (Å²) in [4.78, 5) is 2.54. The molecule has 10 aromatic carbocycles. The number of fused-ring (bicyclic) bond motifs is 8. The first kappa shape index (κ1) is 44.0. The van der Waals surface area contributed by atoms with Crippen molar-refractivity contribution in [1.82, 2.24) is 4.57 Å². The molecular weight excluding hydrogens is 869 g/mol. The Hall–Kier alpha value is -7.94. The van der Waals surface area contributed by atoms with Crippen LogP contribution in [0.15, 0.2) is 243 Å². The fourth-order valence-corrected chi connectivity index (χ4v) is 13.5. The van der Waals surface area contributed by atoms with E-state index < -0.39 is 5.41 Å². The number of nitrogens with zero attached hydrogens (tertiary/aromatic N) is 2. The highest BCUT2D eigenvalue weighted by Crippen LogP contribution is 2.56. The molecule has 0 amide bonds. The lowest BCUT2D eigenvalue weighted by molar-refractivity contribution is 0.267. The van der Waals surface area contributed by atoms with E-state index in [1.54, 1.807) is 0 Å². The Morgan fingerprint density at radius 1 is 0.444 bits per heavy atom. The summed E-state index contributed by atoms with van der Waals surface area (Å²) in [6.45, 7) is 4.97. The number of aromatic nitrogens is 1. The highest BCUT2D eigenvalue weighted by Gasteiger charge is 2.45. The fraction of sp³-hybridized carbons (Fsp3) is 0.171. The summed E-state index contributed by atoms with van der Waals surface area (Å²) < 4.78 is 2.39. The van der Waals surface area contributed by atoms with Gasteiger partial charge in [-0.25, -0.2) is 0 Å². The molecule has 2 heteroatoms. The van der Waals surface area contributed by atoms with Gasteiger partial charge in [0.05, 0.1) is 22.1 Å². The van der Waals surface area contributed by atoms with Crippen molar-refractivity contribution in [2.45, 2.75) is 63.2 Å². The molecule has 11 aromatic rings. The molecule has 350 valence electrons. The monoisotopic (exact) mass is 928 g/mol. The average Bonchev–Trinajstić information content (AvgIpc) is 3.78. The first-order valence-electron chi connectivity index (χ1n) is 26.4. The SMILES string of the molecule is CC[C@@H]1CC2C[C@H](C)CC(C1)c1cc(N(c3ccc(-c4ccc(-n5c6ccccc6c6ccccc65)cc4)cc3)c3cccc4ccccc34)ccc1C(c1ccccc1)(c1ccccc1)c1ccccc12. The van der Waals surface area contributed by atoms with Crippen LogP contribution < -0.4 is 4.90 Å². The van der Waals surface area contributed by atoms with E-state index in [2.05, 4.69) is 266 Å². The van der Waals surface area contributed by atoms with Crippen molar-refractivity contribution >= 4 is 49.6 Å². The quantitative estimate of drug-likeness (QED) is 0.147. The van der Waals surface area contributed by atoms with E-state index in [1.165, 1.54) is 121 Å². The number of hydrogen-bond acceptors (Lipinski definition) is 1. The van der Waals surface area contributed by atoms with Crippen LogP contribution in [0.25, 0.3) is 49.4 Å². The van der Waals surface area contributed by atoms with Crippen LogP contribution in [0, 0.1) is 11.8 Å². The smallest absolute Gasteiger partial charge is 0.0707 e. The molecule has 1 fully saturated rings. The van der Waals surface area contributed by atoms with E-state index in [1.807, 2.05) is 0 Å². The molecule has 1 saturated carbocycles. The standard InChI is InChI=1S/C70H60N2/c1-3-49-45-53-43-48(2)44-54(46-49)64-47-59(41-42-66(64)70(55-21-6-4-7-22-55,56-23-8-5-9-24-56)65-29-15-12-25-60(53)65)71(67-32-18-20-52-19-10-11-26-61(52)67)57-37-33-50(34-38-57)51-35-39-58(40-36-51)72-68-30-16-13-27-62(68)63-28-14-17-31-69(63)72/h4-42,47-49,53-54H,3,43-46H2,1-2H3/t48-,49+,53?,54?/m0/s1. The second-order valence-corrected chi connectivity index (χ2v) is 20.9. The third-order valence-corrected chi connectivity index (χ3v) is 16.7. The van der Waals surface area contributed by atoms with Crippen molar-refractivity contribution in [3.63, 3.8) is 0 Å². The summed E-state index contributed by atoms with van der Waals surface area (Å²) >= 11 is 0. The zero-order chi connectivity index (χ0) is 48.2. The van der Waals surface area contributed by atoms with Gasteiger partial charge in [-0.2, -0.15) is 0 Å². The van der Waals surface area contributed by atoms with Gasteiger partial charge in [0.15, 0.2) is 0 Å². The van der Waals surface area contributed by atoms with Crippen LogP contribution in [-0.2, 0) is 5.41 Å². The summed E-state index contributed by atoms with van der Waals surface area (Å²) in [7, 11) is 0. The molecule has 3 aliphatic carbocycles. The maximum absolute atomic E-state index is 2.63. The largest absolute Gasteiger partial charge is 0.310 e. The number of anilines is 3. The molecule has 1 heterocycles. The molecule has 0 saturated heterocycles. The molecule has 72 heavy (non-hydrogen) atoms. The minimum atomic E-state index is -0.536. The van der Waals surface area contributed by atoms with Crippen LogP contribution in [0.2, 0.25) is 0 Å². The average molecular weight is 929 g/mol. The van der Waals surface area contributed by atoms with E-state index >= 15 is 0 Å². The minimum Gasteiger partial charge on any atom is -0.310 e. The highest BCUT2D eigenvalue weighted by atomic mass is 15.1. The molecular formula is C70H60N2. The van der Waals surface area contributed by atoms with Crippen LogP contribution in [0.1, 0.15) is 91.2 Å². The van der Waals surface area contributed by atoms with Crippen LogP contribution in [-0.4, -0.2) is 4.57 Å². The van der Waals surface area contributed by atoms with Gasteiger partial charge in [-0.3, -0.25) is 0 Å². The first-order chi connectivity index (χ1) is 35.6. The second-order valence-electron chi connectivity index (χ2n) is 20.9. The molecule has 14 rings (SSSR count). The predicted molar refractivity (Wildman–Crippen MR) is 304 cm³/mol. The molecule has 3 aliphatic rings. The van der Waals surface area contributed by atoms with Gasteiger partial charge in [0.1, 0.15) is 0 Å². The first-order valence-corrected chi connectivity index (χ1v) is 26.4. The number of hydrogen-bond donors (Lipinski definition) is 0. The van der Waals surface area contributed by atoms with Crippen molar-refractivity contribution in [2.24, 2.45) is 11.8 Å². The second kappa shape index (κ2) is 18.3. The Morgan fingerprint density at radius 2 is 0.958 bits per heavy atom. The number of rotatable bonds is 8. The molecule has 2 bridgehead atoms. The fourth-order valence-electron chi connectivity index (χ4n) is 13.5. The molecule has 0 spiro atoms. The van der Waals surface area contributed by atoms with E-state index in [-0.39, 0.29) is 0 Å². The maximum Gasteiger partial charge on any atom is 0.0707 e. The zero-order valence-corrected chi connectivity index (χ0v) is 41.3. The number of benzene rings is 10. The minimum absolute atomic E-state index is 0.389. The lowest BCUT2D eigenvalue weighted by Gasteiger charge is -2.45. The van der Waals surface area contributed by atoms with E-state index in [9.17, 15) is 0 Å². The van der Waals surface area contributed by atoms with Gasteiger partial charge in [0.25, 0.3) is 0 Å². The molecule has 0 aliphatic heterocycles. The third-order valence-electron chi connectivity index (χ3n) is 16.7. The van der Waals surface area contributed by atoms with Crippen molar-refractivity contribution in [1.29, 1.82) is 0 Å². The topological polar surface area (TPSA) is 8.17 Å². The molecule has 1 aromatic heterocycles. The Kier molecular flexibility index (Phi) is 11.2. The van der Waals surface area contributed by atoms with E-state index in [4.69, 9.17) is 0 Å². The van der Waals surface area contributed by atoms with Crippen molar-refractivity contribution < 1.29 is 0 Å². The summed E-state index contributed by atoms with van der Waals surface area (Å²) in [5, 5.41) is 5.02. The van der Waals surface area contributed by atoms with Crippen LogP contribution in [0.3, 0.4) is 0 Å². The zero-order valence-electron chi connectivity index (χ0n) is 41.3. The summed E-state index contributed by atoms with van der Waals surface area (Å²) in [6, 6.07) is 91.6. The van der Waals surface area contributed by atoms with Crippen molar-refractivity contribution in [3.8, 4) is 16.8 Å². The van der Waals surface area contributed by atoms with Gasteiger partial charge in [-0.1, -0.05) is 208 Å².